The van der Waals surface area contributed by atoms with Crippen molar-refractivity contribution in [3.05, 3.63) is 29.8 Å². The third kappa shape index (κ3) is 4.47. The van der Waals surface area contributed by atoms with E-state index < -0.39 is 0 Å². The Kier molecular flexibility index (Phi) is 5.32. The van der Waals surface area contributed by atoms with Gasteiger partial charge in [0.15, 0.2) is 0 Å². The van der Waals surface area contributed by atoms with Crippen LogP contribution in [0.4, 0.5) is 0 Å². The molecule has 0 amide bonds. The predicted molar refractivity (Wildman–Crippen MR) is 89.6 cm³/mol. The first kappa shape index (κ1) is 16.4. The van der Waals surface area contributed by atoms with Gasteiger partial charge in [-0.25, -0.2) is 0 Å². The smallest absolute Gasteiger partial charge is 0.115 e. The molecular formula is C19H31NO. The number of aromatic hydroxyl groups is 1. The maximum Gasteiger partial charge on any atom is 0.115 e. The molecule has 1 aliphatic carbocycles. The van der Waals surface area contributed by atoms with Crippen molar-refractivity contribution >= 4 is 0 Å². The molecule has 0 bridgehead atoms. The zero-order valence-corrected chi connectivity index (χ0v) is 14.0. The lowest BCUT2D eigenvalue weighted by Gasteiger charge is -2.39. The van der Waals surface area contributed by atoms with Crippen molar-refractivity contribution in [2.24, 2.45) is 17.3 Å². The van der Waals surface area contributed by atoms with Crippen LogP contribution in [0.2, 0.25) is 0 Å². The second kappa shape index (κ2) is 6.83. The van der Waals surface area contributed by atoms with E-state index in [0.717, 1.165) is 18.3 Å². The van der Waals surface area contributed by atoms with Crippen LogP contribution in [0.3, 0.4) is 0 Å². The predicted octanol–water partition coefficient (Wildman–Crippen LogP) is 4.38. The molecule has 0 heterocycles. The summed E-state index contributed by atoms with van der Waals surface area (Å²) in [4.78, 5) is 0. The van der Waals surface area contributed by atoms with Gasteiger partial charge in [0.05, 0.1) is 0 Å². The lowest BCUT2D eigenvalue weighted by molar-refractivity contribution is 0.134. The van der Waals surface area contributed by atoms with Crippen LogP contribution < -0.4 is 5.32 Å². The Morgan fingerprint density at radius 2 is 1.86 bits per heavy atom. The number of likely N-dealkylation sites (N-methyl/N-ethyl adjacent to an activating group) is 1. The van der Waals surface area contributed by atoms with E-state index in [4.69, 9.17) is 0 Å². The van der Waals surface area contributed by atoms with Gasteiger partial charge in [-0.15, -0.1) is 0 Å². The van der Waals surface area contributed by atoms with Crippen LogP contribution in [0.25, 0.3) is 0 Å². The highest BCUT2D eigenvalue weighted by molar-refractivity contribution is 5.27. The number of benzene rings is 1. The lowest BCUT2D eigenvalue weighted by Crippen LogP contribution is -2.39. The van der Waals surface area contributed by atoms with Crippen LogP contribution >= 0.6 is 0 Å². The van der Waals surface area contributed by atoms with E-state index in [1.54, 1.807) is 6.07 Å². The lowest BCUT2D eigenvalue weighted by atomic mass is 9.68. The molecule has 21 heavy (non-hydrogen) atoms. The van der Waals surface area contributed by atoms with Crippen molar-refractivity contribution in [1.82, 2.24) is 5.32 Å². The van der Waals surface area contributed by atoms with Gasteiger partial charge < -0.3 is 10.4 Å². The SMILES string of the molecule is CNC(Cc1cccc(O)c1)C1CCC(C(C)(C)C)CC1. The van der Waals surface area contributed by atoms with Crippen molar-refractivity contribution in [3.8, 4) is 5.75 Å². The van der Waals surface area contributed by atoms with Crippen LogP contribution in [0, 0.1) is 17.3 Å². The standard InChI is InChI=1S/C19H31NO/c1-19(2,3)16-10-8-15(9-11-16)18(20-4)13-14-6-5-7-17(21)12-14/h5-7,12,15-16,18,20-21H,8-11,13H2,1-4H3. The van der Waals surface area contributed by atoms with Gasteiger partial charge in [-0.2, -0.15) is 0 Å². The molecule has 1 fully saturated rings. The van der Waals surface area contributed by atoms with Gasteiger partial charge in [0.1, 0.15) is 5.75 Å². The number of rotatable bonds is 4. The fourth-order valence-electron chi connectivity index (χ4n) is 3.83. The Hall–Kier alpha value is -1.02. The fourth-order valence-corrected chi connectivity index (χ4v) is 3.83. The summed E-state index contributed by atoms with van der Waals surface area (Å²) < 4.78 is 0. The molecule has 118 valence electrons. The number of phenolic OH excluding ortho intramolecular Hbond substituents is 1. The number of hydrogen-bond acceptors (Lipinski definition) is 2. The molecule has 2 heteroatoms. The second-order valence-electron chi connectivity index (χ2n) is 7.75. The summed E-state index contributed by atoms with van der Waals surface area (Å²) in [6, 6.07) is 8.21. The Labute approximate surface area is 130 Å². The highest BCUT2D eigenvalue weighted by Crippen LogP contribution is 2.41. The molecule has 1 aliphatic rings. The number of hydrogen-bond donors (Lipinski definition) is 2. The molecule has 2 N–H and O–H groups in total. The van der Waals surface area contributed by atoms with E-state index in [1.165, 1.54) is 31.2 Å². The van der Waals surface area contributed by atoms with E-state index in [-0.39, 0.29) is 0 Å². The second-order valence-corrected chi connectivity index (χ2v) is 7.75. The van der Waals surface area contributed by atoms with Gasteiger partial charge in [0.25, 0.3) is 0 Å². The average Bonchev–Trinajstić information content (AvgIpc) is 2.44. The van der Waals surface area contributed by atoms with Crippen molar-refractivity contribution in [2.45, 2.75) is 58.9 Å². The van der Waals surface area contributed by atoms with Crippen molar-refractivity contribution in [2.75, 3.05) is 7.05 Å². The molecule has 2 nitrogen and oxygen atoms in total. The molecule has 1 saturated carbocycles. The highest BCUT2D eigenvalue weighted by atomic mass is 16.3. The van der Waals surface area contributed by atoms with Gasteiger partial charge in [-0.1, -0.05) is 32.9 Å². The molecule has 2 rings (SSSR count). The molecule has 0 saturated heterocycles. The fraction of sp³-hybridized carbons (Fsp3) is 0.684. The van der Waals surface area contributed by atoms with Crippen LogP contribution in [-0.2, 0) is 6.42 Å². The normalized spacial score (nSPS) is 24.8. The molecule has 1 unspecified atom stereocenters. The minimum atomic E-state index is 0.374. The molecule has 0 aliphatic heterocycles. The van der Waals surface area contributed by atoms with Crippen molar-refractivity contribution in [1.29, 1.82) is 0 Å². The third-order valence-corrected chi connectivity index (χ3v) is 5.30. The minimum Gasteiger partial charge on any atom is -0.508 e. The van der Waals surface area contributed by atoms with Crippen molar-refractivity contribution in [3.63, 3.8) is 0 Å². The van der Waals surface area contributed by atoms with Gasteiger partial charge >= 0.3 is 0 Å². The zero-order valence-electron chi connectivity index (χ0n) is 14.0. The zero-order chi connectivity index (χ0) is 15.5. The summed E-state index contributed by atoms with van der Waals surface area (Å²) in [7, 11) is 2.07. The van der Waals surface area contributed by atoms with E-state index in [9.17, 15) is 5.11 Å². The summed E-state index contributed by atoms with van der Waals surface area (Å²) in [5, 5.41) is 13.1. The quantitative estimate of drug-likeness (QED) is 0.862. The molecule has 1 aromatic carbocycles. The summed E-state index contributed by atoms with van der Waals surface area (Å²) in [5.41, 5.74) is 1.68. The molecule has 1 atom stereocenters. The third-order valence-electron chi connectivity index (χ3n) is 5.30. The first-order valence-corrected chi connectivity index (χ1v) is 8.35. The maximum absolute atomic E-state index is 9.61. The van der Waals surface area contributed by atoms with Crippen LogP contribution in [0.15, 0.2) is 24.3 Å². The van der Waals surface area contributed by atoms with Gasteiger partial charge in [0, 0.05) is 6.04 Å². The Bertz CT molecular complexity index is 441. The van der Waals surface area contributed by atoms with E-state index in [0.29, 0.717) is 17.2 Å². The van der Waals surface area contributed by atoms with E-state index in [1.807, 2.05) is 12.1 Å². The average molecular weight is 289 g/mol. The van der Waals surface area contributed by atoms with Gasteiger partial charge in [-0.3, -0.25) is 0 Å². The Balaban J connectivity index is 1.94. The number of nitrogens with one attached hydrogen (secondary N) is 1. The van der Waals surface area contributed by atoms with Gasteiger partial charge in [-0.05, 0) is 74.1 Å². The molecule has 1 aromatic rings. The van der Waals surface area contributed by atoms with Crippen LogP contribution in [-0.4, -0.2) is 18.2 Å². The summed E-state index contributed by atoms with van der Waals surface area (Å²) in [5.74, 6) is 2.00. The van der Waals surface area contributed by atoms with Crippen molar-refractivity contribution < 1.29 is 5.11 Å². The van der Waals surface area contributed by atoms with Gasteiger partial charge in [0.2, 0.25) is 0 Å². The molecule has 0 aromatic heterocycles. The summed E-state index contributed by atoms with van der Waals surface area (Å²) in [6.07, 6.45) is 6.37. The van der Waals surface area contributed by atoms with Crippen LogP contribution in [0.5, 0.6) is 5.75 Å². The molecule has 0 radical (unpaired) electrons. The Morgan fingerprint density at radius 1 is 1.19 bits per heavy atom. The van der Waals surface area contributed by atoms with E-state index >= 15 is 0 Å². The summed E-state index contributed by atoms with van der Waals surface area (Å²) in [6.45, 7) is 7.13. The first-order valence-electron chi connectivity index (χ1n) is 8.35. The molecule has 0 spiro atoms. The highest BCUT2D eigenvalue weighted by Gasteiger charge is 2.32. The number of phenols is 1. The summed E-state index contributed by atoms with van der Waals surface area (Å²) >= 11 is 0. The topological polar surface area (TPSA) is 32.3 Å². The monoisotopic (exact) mass is 289 g/mol. The Morgan fingerprint density at radius 3 is 2.38 bits per heavy atom. The maximum atomic E-state index is 9.61. The van der Waals surface area contributed by atoms with E-state index in [2.05, 4.69) is 39.2 Å². The largest absolute Gasteiger partial charge is 0.508 e. The first-order chi connectivity index (χ1) is 9.90. The van der Waals surface area contributed by atoms with Crippen LogP contribution in [0.1, 0.15) is 52.0 Å². The minimum absolute atomic E-state index is 0.374. The molecular weight excluding hydrogens is 258 g/mol.